The smallest absolute Gasteiger partial charge is 0.408 e. The molecule has 0 saturated carbocycles. The zero-order chi connectivity index (χ0) is 11.6. The average Bonchev–Trinajstić information content (AvgIpc) is 2.63. The van der Waals surface area contributed by atoms with Crippen molar-refractivity contribution in [3.05, 3.63) is 35.9 Å². The molecule has 2 rings (SSSR count). The second-order valence-electron chi connectivity index (χ2n) is 3.70. The molecule has 1 unspecified atom stereocenters. The average molecular weight is 221 g/mol. The quantitative estimate of drug-likeness (QED) is 0.791. The van der Waals surface area contributed by atoms with Gasteiger partial charge >= 0.3 is 12.1 Å². The summed E-state index contributed by atoms with van der Waals surface area (Å²) in [5.74, 6) is -1.13. The standard InChI is InChI=1S/C11H11NO4/c13-9(14)11(7-12-10(15)16-11)6-8-4-2-1-3-5-8/h1-5H,6-7H2,(H,12,15)(H,13,14). The van der Waals surface area contributed by atoms with Crippen molar-refractivity contribution in [2.45, 2.75) is 12.0 Å². The number of amides is 1. The van der Waals surface area contributed by atoms with Gasteiger partial charge in [-0.25, -0.2) is 9.59 Å². The lowest BCUT2D eigenvalue weighted by Gasteiger charge is -2.21. The first-order chi connectivity index (χ1) is 7.62. The minimum atomic E-state index is -1.47. The van der Waals surface area contributed by atoms with E-state index in [1.807, 2.05) is 18.2 Å². The van der Waals surface area contributed by atoms with Crippen molar-refractivity contribution in [3.8, 4) is 0 Å². The minimum absolute atomic E-state index is 0.00391. The van der Waals surface area contributed by atoms with Crippen molar-refractivity contribution < 1.29 is 19.4 Å². The number of carbonyl (C=O) groups excluding carboxylic acids is 1. The van der Waals surface area contributed by atoms with Crippen LogP contribution in [0.3, 0.4) is 0 Å². The third-order valence-electron chi connectivity index (χ3n) is 2.53. The molecule has 0 spiro atoms. The predicted octanol–water partition coefficient (Wildman–Crippen LogP) is 0.792. The number of aliphatic carboxylic acids is 1. The maximum Gasteiger partial charge on any atom is 0.408 e. The molecule has 2 N–H and O–H groups in total. The Labute approximate surface area is 92.0 Å². The van der Waals surface area contributed by atoms with E-state index in [0.29, 0.717) is 0 Å². The number of carboxylic acids is 1. The topological polar surface area (TPSA) is 75.6 Å². The Morgan fingerprint density at radius 2 is 2.12 bits per heavy atom. The number of rotatable bonds is 3. The molecule has 1 aromatic carbocycles. The molecule has 1 aliphatic rings. The van der Waals surface area contributed by atoms with E-state index in [2.05, 4.69) is 5.32 Å². The molecule has 16 heavy (non-hydrogen) atoms. The van der Waals surface area contributed by atoms with Gasteiger partial charge in [-0.05, 0) is 5.56 Å². The fourth-order valence-corrected chi connectivity index (χ4v) is 1.68. The SMILES string of the molecule is O=C1NCC(Cc2ccccc2)(C(=O)O)O1. The Bertz CT molecular complexity index is 417. The monoisotopic (exact) mass is 221 g/mol. The van der Waals surface area contributed by atoms with Crippen molar-refractivity contribution in [2.75, 3.05) is 6.54 Å². The molecule has 0 bridgehead atoms. The van der Waals surface area contributed by atoms with Crippen molar-refractivity contribution in [2.24, 2.45) is 0 Å². The van der Waals surface area contributed by atoms with Crippen LogP contribution in [0.4, 0.5) is 4.79 Å². The Morgan fingerprint density at radius 3 is 2.62 bits per heavy atom. The fourth-order valence-electron chi connectivity index (χ4n) is 1.68. The molecule has 1 aromatic rings. The van der Waals surface area contributed by atoms with Crippen molar-refractivity contribution in [1.29, 1.82) is 0 Å². The third kappa shape index (κ3) is 1.84. The highest BCUT2D eigenvalue weighted by atomic mass is 16.6. The lowest BCUT2D eigenvalue weighted by molar-refractivity contribution is -0.154. The number of nitrogens with one attached hydrogen (secondary N) is 1. The number of ether oxygens (including phenoxy) is 1. The zero-order valence-corrected chi connectivity index (χ0v) is 8.47. The van der Waals surface area contributed by atoms with Crippen LogP contribution in [0, 0.1) is 0 Å². The van der Waals surface area contributed by atoms with Gasteiger partial charge in [-0.2, -0.15) is 0 Å². The van der Waals surface area contributed by atoms with Gasteiger partial charge in [-0.1, -0.05) is 30.3 Å². The first kappa shape index (κ1) is 10.5. The van der Waals surface area contributed by atoms with Crippen LogP contribution in [0.5, 0.6) is 0 Å². The molecule has 1 heterocycles. The number of carboxylic acid groups (broad SMARTS) is 1. The van der Waals surface area contributed by atoms with Gasteiger partial charge in [0.15, 0.2) is 0 Å². The van der Waals surface area contributed by atoms with E-state index < -0.39 is 17.7 Å². The first-order valence-electron chi connectivity index (χ1n) is 4.87. The first-order valence-corrected chi connectivity index (χ1v) is 4.87. The summed E-state index contributed by atoms with van der Waals surface area (Å²) < 4.78 is 4.86. The van der Waals surface area contributed by atoms with Crippen LogP contribution < -0.4 is 5.32 Å². The molecule has 1 fully saturated rings. The van der Waals surface area contributed by atoms with Crippen LogP contribution in [0.2, 0.25) is 0 Å². The summed E-state index contributed by atoms with van der Waals surface area (Å²) in [6.07, 6.45) is -0.514. The van der Waals surface area contributed by atoms with Gasteiger partial charge in [0.1, 0.15) is 0 Å². The summed E-state index contributed by atoms with van der Waals surface area (Å²) in [7, 11) is 0. The minimum Gasteiger partial charge on any atom is -0.478 e. The van der Waals surface area contributed by atoms with Crippen molar-refractivity contribution in [1.82, 2.24) is 5.32 Å². The molecule has 0 aliphatic carbocycles. The lowest BCUT2D eigenvalue weighted by Crippen LogP contribution is -2.44. The highest BCUT2D eigenvalue weighted by molar-refractivity contribution is 5.85. The second-order valence-corrected chi connectivity index (χ2v) is 3.70. The fraction of sp³-hybridized carbons (Fsp3) is 0.273. The number of hydrogen-bond donors (Lipinski definition) is 2. The van der Waals surface area contributed by atoms with E-state index in [0.717, 1.165) is 5.56 Å². The molecule has 5 nitrogen and oxygen atoms in total. The van der Waals surface area contributed by atoms with Crippen LogP contribution in [0.1, 0.15) is 5.56 Å². The van der Waals surface area contributed by atoms with Crippen molar-refractivity contribution in [3.63, 3.8) is 0 Å². The molecular weight excluding hydrogens is 210 g/mol. The van der Waals surface area contributed by atoms with Gasteiger partial charge in [-0.3, -0.25) is 0 Å². The number of carbonyl (C=O) groups is 2. The number of hydrogen-bond acceptors (Lipinski definition) is 3. The number of benzene rings is 1. The van der Waals surface area contributed by atoms with Crippen LogP contribution in [0.25, 0.3) is 0 Å². The van der Waals surface area contributed by atoms with Crippen molar-refractivity contribution >= 4 is 12.1 Å². The third-order valence-corrected chi connectivity index (χ3v) is 2.53. The van der Waals surface area contributed by atoms with Gasteiger partial charge in [0.2, 0.25) is 5.60 Å². The van der Waals surface area contributed by atoms with Crippen LogP contribution in [-0.2, 0) is 16.0 Å². The molecule has 1 atom stereocenters. The molecule has 5 heteroatoms. The highest BCUT2D eigenvalue weighted by Gasteiger charge is 2.47. The summed E-state index contributed by atoms with van der Waals surface area (Å²) in [4.78, 5) is 22.1. The molecule has 84 valence electrons. The van der Waals surface area contributed by atoms with Crippen LogP contribution in [-0.4, -0.2) is 29.3 Å². The van der Waals surface area contributed by atoms with E-state index in [9.17, 15) is 9.59 Å². The Hall–Kier alpha value is -2.04. The molecule has 1 saturated heterocycles. The van der Waals surface area contributed by atoms with Crippen LogP contribution >= 0.6 is 0 Å². The molecule has 1 aliphatic heterocycles. The van der Waals surface area contributed by atoms with Gasteiger partial charge in [-0.15, -0.1) is 0 Å². The molecular formula is C11H11NO4. The van der Waals surface area contributed by atoms with E-state index in [1.165, 1.54) is 0 Å². The van der Waals surface area contributed by atoms with Crippen LogP contribution in [0.15, 0.2) is 30.3 Å². The van der Waals surface area contributed by atoms with E-state index in [4.69, 9.17) is 9.84 Å². The summed E-state index contributed by atoms with van der Waals surface area (Å²) in [6.45, 7) is -0.00391. The maximum absolute atomic E-state index is 11.2. The summed E-state index contributed by atoms with van der Waals surface area (Å²) in [5, 5.41) is 11.5. The molecule has 1 amide bonds. The van der Waals surface area contributed by atoms with E-state index in [-0.39, 0.29) is 13.0 Å². The largest absolute Gasteiger partial charge is 0.478 e. The van der Waals surface area contributed by atoms with E-state index >= 15 is 0 Å². The number of cyclic esters (lactones) is 1. The Morgan fingerprint density at radius 1 is 1.44 bits per heavy atom. The van der Waals surface area contributed by atoms with Gasteiger partial charge in [0.05, 0.1) is 6.54 Å². The second kappa shape index (κ2) is 3.84. The van der Waals surface area contributed by atoms with Gasteiger partial charge in [0.25, 0.3) is 0 Å². The Balaban J connectivity index is 2.22. The van der Waals surface area contributed by atoms with Gasteiger partial charge < -0.3 is 15.2 Å². The molecule has 0 radical (unpaired) electrons. The summed E-state index contributed by atoms with van der Waals surface area (Å²) in [6, 6.07) is 9.08. The summed E-state index contributed by atoms with van der Waals surface area (Å²) in [5.41, 5.74) is -0.653. The normalized spacial score (nSPS) is 23.6. The highest BCUT2D eigenvalue weighted by Crippen LogP contribution is 2.22. The predicted molar refractivity (Wildman–Crippen MR) is 55.0 cm³/mol. The number of alkyl carbamates (subject to hydrolysis) is 1. The van der Waals surface area contributed by atoms with E-state index in [1.54, 1.807) is 12.1 Å². The Kier molecular flexibility index (Phi) is 2.52. The summed E-state index contributed by atoms with van der Waals surface area (Å²) >= 11 is 0. The lowest BCUT2D eigenvalue weighted by atomic mass is 9.95. The van der Waals surface area contributed by atoms with Gasteiger partial charge in [0, 0.05) is 6.42 Å². The zero-order valence-electron chi connectivity index (χ0n) is 8.47. The maximum atomic E-state index is 11.2. The molecule has 0 aromatic heterocycles.